The number of aryl methyl sites for hydroxylation is 2. The van der Waals surface area contributed by atoms with Crippen LogP contribution in [0.3, 0.4) is 0 Å². The Morgan fingerprint density at radius 1 is 1.05 bits per heavy atom. The number of nitrogens with one attached hydrogen (secondary N) is 1. The Morgan fingerprint density at radius 3 is 2.79 bits per heavy atom. The van der Waals surface area contributed by atoms with Crippen molar-refractivity contribution in [1.82, 2.24) is 5.32 Å². The quantitative estimate of drug-likeness (QED) is 0.871. The first kappa shape index (κ1) is 13.1. The van der Waals surface area contributed by atoms with E-state index in [1.807, 2.05) is 0 Å². The minimum absolute atomic E-state index is 0.369. The van der Waals surface area contributed by atoms with E-state index >= 15 is 0 Å². The maximum Gasteiger partial charge on any atom is 0.0219 e. The lowest BCUT2D eigenvalue weighted by Gasteiger charge is -2.29. The molecule has 3 rings (SSSR count). The largest absolute Gasteiger partial charge is 0.326 e. The zero-order valence-corrected chi connectivity index (χ0v) is 11.8. The highest BCUT2D eigenvalue weighted by Crippen LogP contribution is 2.23. The summed E-state index contributed by atoms with van der Waals surface area (Å²) in [6, 6.07) is 7.98. The Kier molecular flexibility index (Phi) is 4.19. The third-order valence-electron chi connectivity index (χ3n) is 4.80. The number of benzene rings is 1. The van der Waals surface area contributed by atoms with Gasteiger partial charge in [-0.15, -0.1) is 0 Å². The van der Waals surface area contributed by atoms with Gasteiger partial charge in [-0.05, 0) is 61.8 Å². The molecule has 1 fully saturated rings. The first-order valence-corrected chi connectivity index (χ1v) is 7.92. The van der Waals surface area contributed by atoms with Crippen LogP contribution in [0.2, 0.25) is 0 Å². The third kappa shape index (κ3) is 3.18. The third-order valence-corrected chi connectivity index (χ3v) is 4.80. The van der Waals surface area contributed by atoms with Crippen molar-refractivity contribution in [3.8, 4) is 0 Å². The SMILES string of the molecule is NC1CCCCC1NCCc1ccc2c(c1)CCC2. The fourth-order valence-electron chi connectivity index (χ4n) is 3.60. The molecule has 0 heterocycles. The molecule has 0 saturated heterocycles. The van der Waals surface area contributed by atoms with E-state index < -0.39 is 0 Å². The zero-order valence-electron chi connectivity index (χ0n) is 11.8. The van der Waals surface area contributed by atoms with Crippen LogP contribution in [0.1, 0.15) is 48.8 Å². The van der Waals surface area contributed by atoms with E-state index in [-0.39, 0.29) is 0 Å². The summed E-state index contributed by atoms with van der Waals surface area (Å²) in [6.45, 7) is 1.07. The van der Waals surface area contributed by atoms with Crippen molar-refractivity contribution in [2.75, 3.05) is 6.54 Å². The Balaban J connectivity index is 1.49. The molecule has 0 amide bonds. The second kappa shape index (κ2) is 6.06. The van der Waals surface area contributed by atoms with Crippen molar-refractivity contribution in [3.05, 3.63) is 34.9 Å². The van der Waals surface area contributed by atoms with Crippen LogP contribution in [-0.2, 0) is 19.3 Å². The number of nitrogens with two attached hydrogens (primary N) is 1. The number of fused-ring (bicyclic) bond motifs is 1. The predicted molar refractivity (Wildman–Crippen MR) is 80.4 cm³/mol. The molecule has 1 aromatic carbocycles. The molecule has 0 bridgehead atoms. The van der Waals surface area contributed by atoms with Gasteiger partial charge in [0, 0.05) is 12.1 Å². The second-order valence-corrected chi connectivity index (χ2v) is 6.22. The molecule has 0 radical (unpaired) electrons. The fourth-order valence-corrected chi connectivity index (χ4v) is 3.60. The van der Waals surface area contributed by atoms with Gasteiger partial charge in [0.2, 0.25) is 0 Å². The number of hydrogen-bond acceptors (Lipinski definition) is 2. The molecule has 1 saturated carbocycles. The van der Waals surface area contributed by atoms with E-state index in [2.05, 4.69) is 23.5 Å². The average molecular weight is 258 g/mol. The van der Waals surface area contributed by atoms with Crippen LogP contribution in [-0.4, -0.2) is 18.6 Å². The molecular formula is C17H26N2. The highest BCUT2D eigenvalue weighted by molar-refractivity contribution is 5.35. The molecular weight excluding hydrogens is 232 g/mol. The van der Waals surface area contributed by atoms with E-state index in [0.29, 0.717) is 12.1 Å². The Morgan fingerprint density at radius 2 is 1.89 bits per heavy atom. The maximum atomic E-state index is 6.17. The Bertz CT molecular complexity index is 427. The first-order valence-electron chi connectivity index (χ1n) is 7.92. The van der Waals surface area contributed by atoms with Crippen LogP contribution < -0.4 is 11.1 Å². The molecule has 2 heteroatoms. The molecule has 0 spiro atoms. The molecule has 2 unspecified atom stereocenters. The van der Waals surface area contributed by atoms with E-state index in [0.717, 1.165) is 13.0 Å². The van der Waals surface area contributed by atoms with E-state index in [4.69, 9.17) is 5.73 Å². The van der Waals surface area contributed by atoms with Gasteiger partial charge in [-0.2, -0.15) is 0 Å². The Hall–Kier alpha value is -0.860. The van der Waals surface area contributed by atoms with Crippen molar-refractivity contribution in [2.45, 2.75) is 63.5 Å². The molecule has 2 aliphatic carbocycles. The number of rotatable bonds is 4. The van der Waals surface area contributed by atoms with Gasteiger partial charge in [0.1, 0.15) is 0 Å². The summed E-state index contributed by atoms with van der Waals surface area (Å²) in [5.74, 6) is 0. The predicted octanol–water partition coefficient (Wildman–Crippen LogP) is 2.58. The summed E-state index contributed by atoms with van der Waals surface area (Å²) in [7, 11) is 0. The maximum absolute atomic E-state index is 6.17. The van der Waals surface area contributed by atoms with Crippen LogP contribution in [0.4, 0.5) is 0 Å². The van der Waals surface area contributed by atoms with Crippen LogP contribution >= 0.6 is 0 Å². The van der Waals surface area contributed by atoms with Crippen molar-refractivity contribution < 1.29 is 0 Å². The lowest BCUT2D eigenvalue weighted by atomic mass is 9.91. The minimum atomic E-state index is 0.369. The van der Waals surface area contributed by atoms with Gasteiger partial charge in [0.15, 0.2) is 0 Å². The topological polar surface area (TPSA) is 38.0 Å². The van der Waals surface area contributed by atoms with Crippen molar-refractivity contribution in [2.24, 2.45) is 5.73 Å². The van der Waals surface area contributed by atoms with Crippen molar-refractivity contribution in [3.63, 3.8) is 0 Å². The fraction of sp³-hybridized carbons (Fsp3) is 0.647. The molecule has 2 atom stereocenters. The van der Waals surface area contributed by atoms with Crippen molar-refractivity contribution in [1.29, 1.82) is 0 Å². The van der Waals surface area contributed by atoms with Gasteiger partial charge < -0.3 is 11.1 Å². The monoisotopic (exact) mass is 258 g/mol. The lowest BCUT2D eigenvalue weighted by Crippen LogP contribution is -2.47. The minimum Gasteiger partial charge on any atom is -0.326 e. The van der Waals surface area contributed by atoms with Crippen LogP contribution in [0, 0.1) is 0 Å². The van der Waals surface area contributed by atoms with E-state index in [1.54, 1.807) is 11.1 Å². The number of hydrogen-bond donors (Lipinski definition) is 2. The van der Waals surface area contributed by atoms with Crippen molar-refractivity contribution >= 4 is 0 Å². The Labute approximate surface area is 116 Å². The zero-order chi connectivity index (χ0) is 13.1. The van der Waals surface area contributed by atoms with Gasteiger partial charge in [0.25, 0.3) is 0 Å². The van der Waals surface area contributed by atoms with Gasteiger partial charge >= 0.3 is 0 Å². The molecule has 3 N–H and O–H groups in total. The smallest absolute Gasteiger partial charge is 0.0219 e. The van der Waals surface area contributed by atoms with Crippen LogP contribution in [0.5, 0.6) is 0 Å². The molecule has 104 valence electrons. The standard InChI is InChI=1S/C17H26N2/c18-16-6-1-2-7-17(16)19-11-10-13-8-9-14-4-3-5-15(14)12-13/h8-9,12,16-17,19H,1-7,10-11,18H2. The lowest BCUT2D eigenvalue weighted by molar-refractivity contribution is 0.329. The normalized spacial score (nSPS) is 26.4. The molecule has 0 aromatic heterocycles. The summed E-state index contributed by atoms with van der Waals surface area (Å²) in [5.41, 5.74) is 10.8. The first-order chi connectivity index (χ1) is 9.33. The highest BCUT2D eigenvalue weighted by atomic mass is 14.9. The van der Waals surface area contributed by atoms with E-state index in [1.165, 1.54) is 50.5 Å². The average Bonchev–Trinajstić information content (AvgIpc) is 2.88. The van der Waals surface area contributed by atoms with Gasteiger partial charge in [-0.25, -0.2) is 0 Å². The summed E-state index contributed by atoms with van der Waals surface area (Å²) < 4.78 is 0. The molecule has 0 aliphatic heterocycles. The molecule has 2 nitrogen and oxygen atoms in total. The summed E-state index contributed by atoms with van der Waals surface area (Å²) >= 11 is 0. The van der Waals surface area contributed by atoms with Gasteiger partial charge in [0.05, 0.1) is 0 Å². The van der Waals surface area contributed by atoms with Gasteiger partial charge in [-0.1, -0.05) is 31.0 Å². The molecule has 2 aliphatic rings. The molecule has 1 aromatic rings. The highest BCUT2D eigenvalue weighted by Gasteiger charge is 2.20. The van der Waals surface area contributed by atoms with Gasteiger partial charge in [-0.3, -0.25) is 0 Å². The summed E-state index contributed by atoms with van der Waals surface area (Å²) in [4.78, 5) is 0. The van der Waals surface area contributed by atoms with Crippen LogP contribution in [0.15, 0.2) is 18.2 Å². The van der Waals surface area contributed by atoms with Crippen LogP contribution in [0.25, 0.3) is 0 Å². The van der Waals surface area contributed by atoms with E-state index in [9.17, 15) is 0 Å². The summed E-state index contributed by atoms with van der Waals surface area (Å²) in [5, 5.41) is 3.66. The second-order valence-electron chi connectivity index (χ2n) is 6.22. The molecule has 19 heavy (non-hydrogen) atoms. The summed E-state index contributed by atoms with van der Waals surface area (Å²) in [6.07, 6.45) is 10.1.